The van der Waals surface area contributed by atoms with Gasteiger partial charge in [-0.05, 0) is 49.9 Å². The molecule has 0 spiro atoms. The molecule has 94 valence electrons. The van der Waals surface area contributed by atoms with Gasteiger partial charge in [0.05, 0.1) is 5.56 Å². The fraction of sp³-hybridized carbons (Fsp3) is 0.538. The number of rotatable bonds is 4. The third-order valence-electron chi connectivity index (χ3n) is 3.30. The molecule has 17 heavy (non-hydrogen) atoms. The van der Waals surface area contributed by atoms with E-state index in [4.69, 9.17) is 0 Å². The Labute approximate surface area is 99.0 Å². The van der Waals surface area contributed by atoms with Crippen LogP contribution in [0.2, 0.25) is 0 Å². The van der Waals surface area contributed by atoms with E-state index in [1.807, 2.05) is 7.05 Å². The van der Waals surface area contributed by atoms with Crippen LogP contribution in [0.3, 0.4) is 0 Å². The largest absolute Gasteiger partial charge is 0.416 e. The number of halogens is 3. The van der Waals surface area contributed by atoms with Gasteiger partial charge in [-0.2, -0.15) is 13.2 Å². The van der Waals surface area contributed by atoms with E-state index in [1.54, 1.807) is 12.1 Å². The summed E-state index contributed by atoms with van der Waals surface area (Å²) in [5.74, 6) is 0.697. The van der Waals surface area contributed by atoms with Gasteiger partial charge in [0, 0.05) is 6.04 Å². The van der Waals surface area contributed by atoms with Crippen molar-refractivity contribution in [2.45, 2.75) is 31.5 Å². The second-order valence-electron chi connectivity index (χ2n) is 4.63. The van der Waals surface area contributed by atoms with Crippen LogP contribution in [0, 0.1) is 5.92 Å². The molecule has 0 saturated heterocycles. The van der Waals surface area contributed by atoms with Crippen LogP contribution in [0.5, 0.6) is 0 Å². The molecule has 1 aliphatic carbocycles. The second kappa shape index (κ2) is 4.69. The lowest BCUT2D eigenvalue weighted by Crippen LogP contribution is -2.29. The lowest BCUT2D eigenvalue weighted by atomic mass is 10.0. The minimum absolute atomic E-state index is 0.395. The molecule has 0 aliphatic heterocycles. The van der Waals surface area contributed by atoms with Gasteiger partial charge in [0.25, 0.3) is 0 Å². The molecule has 1 saturated carbocycles. The number of hydrogen-bond donors (Lipinski definition) is 1. The molecular weight excluding hydrogens is 227 g/mol. The first-order chi connectivity index (χ1) is 8.00. The minimum Gasteiger partial charge on any atom is -0.316 e. The summed E-state index contributed by atoms with van der Waals surface area (Å²) in [4.78, 5) is 0. The molecule has 0 bridgehead atoms. The number of nitrogens with one attached hydrogen (secondary N) is 1. The van der Waals surface area contributed by atoms with Crippen LogP contribution in [-0.2, 0) is 12.6 Å². The van der Waals surface area contributed by atoms with E-state index in [-0.39, 0.29) is 0 Å². The SMILES string of the molecule is CNC(Cc1ccc(C(F)(F)F)cc1)C1CC1. The van der Waals surface area contributed by atoms with E-state index >= 15 is 0 Å². The lowest BCUT2D eigenvalue weighted by molar-refractivity contribution is -0.137. The normalized spacial score (nSPS) is 18.1. The summed E-state index contributed by atoms with van der Waals surface area (Å²) in [5.41, 5.74) is 0.387. The van der Waals surface area contributed by atoms with Gasteiger partial charge in [-0.3, -0.25) is 0 Å². The van der Waals surface area contributed by atoms with E-state index < -0.39 is 11.7 Å². The minimum atomic E-state index is -4.24. The molecule has 1 aromatic rings. The summed E-state index contributed by atoms with van der Waals surface area (Å²) in [6.45, 7) is 0. The van der Waals surface area contributed by atoms with Crippen LogP contribution in [0.25, 0.3) is 0 Å². The first kappa shape index (κ1) is 12.4. The predicted octanol–water partition coefficient (Wildman–Crippen LogP) is 3.25. The molecule has 0 aromatic heterocycles. The van der Waals surface area contributed by atoms with Crippen molar-refractivity contribution in [3.05, 3.63) is 35.4 Å². The topological polar surface area (TPSA) is 12.0 Å². The number of alkyl halides is 3. The fourth-order valence-electron chi connectivity index (χ4n) is 2.09. The Hall–Kier alpha value is -1.03. The van der Waals surface area contributed by atoms with Gasteiger partial charge in [-0.25, -0.2) is 0 Å². The van der Waals surface area contributed by atoms with Crippen molar-refractivity contribution in [1.29, 1.82) is 0 Å². The van der Waals surface area contributed by atoms with Gasteiger partial charge < -0.3 is 5.32 Å². The van der Waals surface area contributed by atoms with Gasteiger partial charge in [-0.15, -0.1) is 0 Å². The average Bonchev–Trinajstić information content (AvgIpc) is 3.09. The molecule has 0 heterocycles. The Morgan fingerprint density at radius 3 is 2.24 bits per heavy atom. The summed E-state index contributed by atoms with van der Waals surface area (Å²) >= 11 is 0. The van der Waals surface area contributed by atoms with Crippen molar-refractivity contribution in [2.24, 2.45) is 5.92 Å². The zero-order chi connectivity index (χ0) is 12.5. The molecule has 1 nitrogen and oxygen atoms in total. The molecule has 4 heteroatoms. The average molecular weight is 243 g/mol. The van der Waals surface area contributed by atoms with E-state index in [9.17, 15) is 13.2 Å². The Balaban J connectivity index is 2.02. The van der Waals surface area contributed by atoms with Crippen LogP contribution >= 0.6 is 0 Å². The number of likely N-dealkylation sites (N-methyl/N-ethyl adjacent to an activating group) is 1. The van der Waals surface area contributed by atoms with Crippen LogP contribution in [0.4, 0.5) is 13.2 Å². The highest BCUT2D eigenvalue weighted by atomic mass is 19.4. The Bertz CT molecular complexity index is 365. The smallest absolute Gasteiger partial charge is 0.316 e. The maximum atomic E-state index is 12.4. The standard InChI is InChI=1S/C13H16F3N/c1-17-12(10-4-5-10)8-9-2-6-11(7-3-9)13(14,15)16/h2-3,6-7,10,12,17H,4-5,8H2,1H3. The lowest BCUT2D eigenvalue weighted by Gasteiger charge is -2.15. The molecule has 2 rings (SSSR count). The number of hydrogen-bond acceptors (Lipinski definition) is 1. The maximum absolute atomic E-state index is 12.4. The fourth-order valence-corrected chi connectivity index (χ4v) is 2.09. The Kier molecular flexibility index (Phi) is 3.43. The van der Waals surface area contributed by atoms with Gasteiger partial charge in [0.2, 0.25) is 0 Å². The molecule has 1 N–H and O–H groups in total. The first-order valence-corrected chi connectivity index (χ1v) is 5.84. The molecule has 1 fully saturated rings. The zero-order valence-electron chi connectivity index (χ0n) is 9.72. The van der Waals surface area contributed by atoms with Crippen molar-refractivity contribution in [1.82, 2.24) is 5.32 Å². The van der Waals surface area contributed by atoms with Gasteiger partial charge in [-0.1, -0.05) is 12.1 Å². The zero-order valence-corrected chi connectivity index (χ0v) is 9.72. The van der Waals surface area contributed by atoms with Gasteiger partial charge in [0.15, 0.2) is 0 Å². The Morgan fingerprint density at radius 1 is 1.24 bits per heavy atom. The van der Waals surface area contributed by atoms with Gasteiger partial charge in [0.1, 0.15) is 0 Å². The van der Waals surface area contributed by atoms with Crippen molar-refractivity contribution in [3.63, 3.8) is 0 Å². The van der Waals surface area contributed by atoms with Crippen molar-refractivity contribution in [3.8, 4) is 0 Å². The van der Waals surface area contributed by atoms with E-state index in [0.717, 1.165) is 24.1 Å². The Morgan fingerprint density at radius 2 is 1.82 bits per heavy atom. The summed E-state index contributed by atoms with van der Waals surface area (Å²) in [7, 11) is 1.91. The molecular formula is C13H16F3N. The maximum Gasteiger partial charge on any atom is 0.416 e. The second-order valence-corrected chi connectivity index (χ2v) is 4.63. The molecule has 0 amide bonds. The van der Waals surface area contributed by atoms with Crippen LogP contribution in [-0.4, -0.2) is 13.1 Å². The van der Waals surface area contributed by atoms with Gasteiger partial charge >= 0.3 is 6.18 Å². The highest BCUT2D eigenvalue weighted by Crippen LogP contribution is 2.34. The third kappa shape index (κ3) is 3.22. The predicted molar refractivity (Wildman–Crippen MR) is 60.7 cm³/mol. The monoisotopic (exact) mass is 243 g/mol. The third-order valence-corrected chi connectivity index (χ3v) is 3.30. The first-order valence-electron chi connectivity index (χ1n) is 5.84. The molecule has 1 unspecified atom stereocenters. The van der Waals surface area contributed by atoms with Crippen LogP contribution < -0.4 is 5.32 Å². The summed E-state index contributed by atoms with van der Waals surface area (Å²) in [5, 5.41) is 3.24. The molecule has 1 aromatic carbocycles. The highest BCUT2D eigenvalue weighted by molar-refractivity contribution is 5.25. The molecule has 0 radical (unpaired) electrons. The van der Waals surface area contributed by atoms with Crippen molar-refractivity contribution >= 4 is 0 Å². The van der Waals surface area contributed by atoms with Crippen molar-refractivity contribution in [2.75, 3.05) is 7.05 Å². The summed E-state index contributed by atoms with van der Waals surface area (Å²) < 4.78 is 37.1. The molecule has 1 aliphatic rings. The number of benzene rings is 1. The van der Waals surface area contributed by atoms with Crippen LogP contribution in [0.15, 0.2) is 24.3 Å². The molecule has 1 atom stereocenters. The summed E-state index contributed by atoms with van der Waals surface area (Å²) in [6, 6.07) is 5.88. The highest BCUT2D eigenvalue weighted by Gasteiger charge is 2.31. The quantitative estimate of drug-likeness (QED) is 0.856. The summed E-state index contributed by atoms with van der Waals surface area (Å²) in [6.07, 6.45) is -0.977. The van der Waals surface area contributed by atoms with Crippen molar-refractivity contribution < 1.29 is 13.2 Å². The van der Waals surface area contributed by atoms with E-state index in [0.29, 0.717) is 12.0 Å². The van der Waals surface area contributed by atoms with E-state index in [1.165, 1.54) is 12.8 Å². The van der Waals surface area contributed by atoms with Crippen LogP contribution in [0.1, 0.15) is 24.0 Å². The van der Waals surface area contributed by atoms with E-state index in [2.05, 4.69) is 5.32 Å².